The minimum absolute atomic E-state index is 0.0879. The van der Waals surface area contributed by atoms with Crippen molar-refractivity contribution in [1.29, 1.82) is 0 Å². The second-order valence-electron chi connectivity index (χ2n) is 5.35. The van der Waals surface area contributed by atoms with Crippen molar-refractivity contribution in [3.8, 4) is 11.5 Å². The molecule has 2 N–H and O–H groups in total. The van der Waals surface area contributed by atoms with Crippen LogP contribution in [0.25, 0.3) is 0 Å². The van der Waals surface area contributed by atoms with E-state index in [0.717, 1.165) is 29.9 Å². The van der Waals surface area contributed by atoms with E-state index >= 15 is 0 Å². The Labute approximate surface area is 126 Å². The smallest absolute Gasteiger partial charge is 0.160 e. The van der Waals surface area contributed by atoms with Crippen molar-refractivity contribution in [2.45, 2.75) is 25.8 Å². The summed E-state index contributed by atoms with van der Waals surface area (Å²) in [6.45, 7) is 2.10. The molecule has 2 aromatic rings. The van der Waals surface area contributed by atoms with E-state index in [1.165, 1.54) is 11.1 Å². The number of hydrogen-bond acceptors (Lipinski definition) is 3. The minimum Gasteiger partial charge on any atom is -0.493 e. The zero-order chi connectivity index (χ0) is 15.2. The summed E-state index contributed by atoms with van der Waals surface area (Å²) in [4.78, 5) is 0. The van der Waals surface area contributed by atoms with Crippen LogP contribution in [0, 0.1) is 6.92 Å². The molecule has 1 unspecified atom stereocenters. The largest absolute Gasteiger partial charge is 0.493 e. The van der Waals surface area contributed by atoms with Gasteiger partial charge in [-0.2, -0.15) is 0 Å². The molecule has 0 amide bonds. The van der Waals surface area contributed by atoms with E-state index in [0.29, 0.717) is 0 Å². The van der Waals surface area contributed by atoms with Crippen LogP contribution in [0.2, 0.25) is 0 Å². The highest BCUT2D eigenvalue weighted by molar-refractivity contribution is 5.43. The summed E-state index contributed by atoms with van der Waals surface area (Å²) in [6, 6.07) is 14.5. The molecule has 0 saturated carbocycles. The monoisotopic (exact) mass is 285 g/mol. The Hall–Kier alpha value is -2.00. The average Bonchev–Trinajstić information content (AvgIpc) is 2.47. The van der Waals surface area contributed by atoms with Crippen LogP contribution in [-0.4, -0.2) is 20.3 Å². The summed E-state index contributed by atoms with van der Waals surface area (Å²) in [5, 5.41) is 0. The summed E-state index contributed by atoms with van der Waals surface area (Å²) in [6.07, 6.45) is 1.68. The van der Waals surface area contributed by atoms with E-state index in [9.17, 15) is 0 Å². The quantitative estimate of drug-likeness (QED) is 0.887. The van der Waals surface area contributed by atoms with Crippen molar-refractivity contribution in [2.75, 3.05) is 14.2 Å². The lowest BCUT2D eigenvalue weighted by atomic mass is 9.98. The van der Waals surface area contributed by atoms with Gasteiger partial charge in [0.05, 0.1) is 14.2 Å². The molecule has 3 heteroatoms. The van der Waals surface area contributed by atoms with Gasteiger partial charge in [0.15, 0.2) is 11.5 Å². The predicted molar refractivity (Wildman–Crippen MR) is 86.1 cm³/mol. The molecule has 3 nitrogen and oxygen atoms in total. The van der Waals surface area contributed by atoms with Crippen molar-refractivity contribution >= 4 is 0 Å². The molecule has 0 bridgehead atoms. The number of ether oxygens (including phenoxy) is 2. The molecule has 0 heterocycles. The third-order valence-corrected chi connectivity index (χ3v) is 3.53. The summed E-state index contributed by atoms with van der Waals surface area (Å²) in [5.74, 6) is 1.49. The molecule has 0 saturated heterocycles. The molecule has 2 aromatic carbocycles. The highest BCUT2D eigenvalue weighted by Gasteiger charge is 2.09. The molecule has 0 fully saturated rings. The molecule has 0 aromatic heterocycles. The van der Waals surface area contributed by atoms with Crippen molar-refractivity contribution in [1.82, 2.24) is 0 Å². The maximum absolute atomic E-state index is 6.28. The second kappa shape index (κ2) is 7.14. The fourth-order valence-corrected chi connectivity index (χ4v) is 2.52. The van der Waals surface area contributed by atoms with E-state index in [1.807, 2.05) is 18.2 Å². The van der Waals surface area contributed by atoms with Crippen LogP contribution in [0.3, 0.4) is 0 Å². The number of benzene rings is 2. The Bertz CT molecular complexity index is 596. The van der Waals surface area contributed by atoms with Gasteiger partial charge in [-0.1, -0.05) is 35.9 Å². The van der Waals surface area contributed by atoms with Gasteiger partial charge >= 0.3 is 0 Å². The Kier molecular flexibility index (Phi) is 5.23. The van der Waals surface area contributed by atoms with E-state index in [2.05, 4.69) is 31.2 Å². The summed E-state index contributed by atoms with van der Waals surface area (Å²) in [7, 11) is 3.29. The fourth-order valence-electron chi connectivity index (χ4n) is 2.52. The molecule has 0 aliphatic carbocycles. The predicted octanol–water partition coefficient (Wildman–Crippen LogP) is 3.12. The normalized spacial score (nSPS) is 12.0. The highest BCUT2D eigenvalue weighted by Crippen LogP contribution is 2.28. The first-order valence-corrected chi connectivity index (χ1v) is 7.14. The van der Waals surface area contributed by atoms with E-state index in [-0.39, 0.29) is 6.04 Å². The summed E-state index contributed by atoms with van der Waals surface area (Å²) >= 11 is 0. The van der Waals surface area contributed by atoms with Crippen LogP contribution in [0.4, 0.5) is 0 Å². The lowest BCUT2D eigenvalue weighted by Gasteiger charge is -2.14. The standard InChI is InChI=1S/C18H23NO2/c1-13-5-4-6-14(9-13)10-16(19)11-15-7-8-17(20-2)18(12-15)21-3/h4-9,12,16H,10-11,19H2,1-3H3. The zero-order valence-corrected chi connectivity index (χ0v) is 12.9. The van der Waals surface area contributed by atoms with Gasteiger partial charge in [-0.05, 0) is 43.0 Å². The van der Waals surface area contributed by atoms with Crippen LogP contribution in [0.15, 0.2) is 42.5 Å². The maximum Gasteiger partial charge on any atom is 0.160 e. The maximum atomic E-state index is 6.28. The first-order chi connectivity index (χ1) is 10.1. The Morgan fingerprint density at radius 1 is 0.905 bits per heavy atom. The van der Waals surface area contributed by atoms with Crippen molar-refractivity contribution in [2.24, 2.45) is 5.73 Å². The third-order valence-electron chi connectivity index (χ3n) is 3.53. The number of nitrogens with two attached hydrogens (primary N) is 1. The number of aryl methyl sites for hydroxylation is 1. The zero-order valence-electron chi connectivity index (χ0n) is 12.9. The lowest BCUT2D eigenvalue weighted by molar-refractivity contribution is 0.354. The summed E-state index contributed by atoms with van der Waals surface area (Å²) in [5.41, 5.74) is 9.99. The molecule has 0 radical (unpaired) electrons. The van der Waals surface area contributed by atoms with Crippen molar-refractivity contribution < 1.29 is 9.47 Å². The Morgan fingerprint density at radius 3 is 2.19 bits per heavy atom. The van der Waals surface area contributed by atoms with Gasteiger partial charge in [-0.3, -0.25) is 0 Å². The van der Waals surface area contributed by atoms with Gasteiger partial charge in [0.1, 0.15) is 0 Å². The van der Waals surface area contributed by atoms with Gasteiger partial charge in [0.25, 0.3) is 0 Å². The minimum atomic E-state index is 0.0879. The van der Waals surface area contributed by atoms with Gasteiger partial charge < -0.3 is 15.2 Å². The highest BCUT2D eigenvalue weighted by atomic mass is 16.5. The van der Waals surface area contributed by atoms with Crippen molar-refractivity contribution in [3.05, 3.63) is 59.2 Å². The number of rotatable bonds is 6. The fraction of sp³-hybridized carbons (Fsp3) is 0.333. The van der Waals surface area contributed by atoms with Crippen LogP contribution in [-0.2, 0) is 12.8 Å². The molecule has 1 atom stereocenters. The van der Waals surface area contributed by atoms with Crippen LogP contribution in [0.1, 0.15) is 16.7 Å². The van der Waals surface area contributed by atoms with E-state index < -0.39 is 0 Å². The molecule has 112 valence electrons. The van der Waals surface area contributed by atoms with Gasteiger partial charge in [0, 0.05) is 6.04 Å². The number of methoxy groups -OCH3 is 2. The van der Waals surface area contributed by atoms with Gasteiger partial charge in [-0.25, -0.2) is 0 Å². The van der Waals surface area contributed by atoms with Crippen molar-refractivity contribution in [3.63, 3.8) is 0 Å². The second-order valence-corrected chi connectivity index (χ2v) is 5.35. The molecule has 0 spiro atoms. The van der Waals surface area contributed by atoms with Crippen LogP contribution < -0.4 is 15.2 Å². The molecule has 0 aliphatic heterocycles. The SMILES string of the molecule is COc1ccc(CC(N)Cc2cccc(C)c2)cc1OC. The lowest BCUT2D eigenvalue weighted by Crippen LogP contribution is -2.25. The summed E-state index contributed by atoms with van der Waals surface area (Å²) < 4.78 is 10.6. The molecule has 0 aliphatic rings. The topological polar surface area (TPSA) is 44.5 Å². The molecular formula is C18H23NO2. The first-order valence-electron chi connectivity index (χ1n) is 7.14. The van der Waals surface area contributed by atoms with Gasteiger partial charge in [0.2, 0.25) is 0 Å². The van der Waals surface area contributed by atoms with Crippen LogP contribution in [0.5, 0.6) is 11.5 Å². The van der Waals surface area contributed by atoms with Gasteiger partial charge in [-0.15, -0.1) is 0 Å². The Morgan fingerprint density at radius 2 is 1.57 bits per heavy atom. The first kappa shape index (κ1) is 15.4. The third kappa shape index (κ3) is 4.23. The molecule has 21 heavy (non-hydrogen) atoms. The number of hydrogen-bond donors (Lipinski definition) is 1. The molecule has 2 rings (SSSR count). The average molecular weight is 285 g/mol. The Balaban J connectivity index is 2.04. The van der Waals surface area contributed by atoms with Crippen LogP contribution >= 0.6 is 0 Å². The van der Waals surface area contributed by atoms with E-state index in [1.54, 1.807) is 14.2 Å². The van der Waals surface area contributed by atoms with E-state index in [4.69, 9.17) is 15.2 Å². The molecular weight excluding hydrogens is 262 g/mol.